The zero-order valence-electron chi connectivity index (χ0n) is 17.8. The minimum atomic E-state index is 0.312. The van der Waals surface area contributed by atoms with E-state index in [1.807, 2.05) is 0 Å². The number of nitrogens with zero attached hydrogens (tertiary/aromatic N) is 4. The van der Waals surface area contributed by atoms with Crippen LogP contribution in [0.4, 0.5) is 0 Å². The van der Waals surface area contributed by atoms with Crippen LogP contribution in [0.15, 0.2) is 18.3 Å². The van der Waals surface area contributed by atoms with Crippen molar-refractivity contribution in [2.24, 2.45) is 0 Å². The lowest BCUT2D eigenvalue weighted by molar-refractivity contribution is 0.132. The fourth-order valence-corrected chi connectivity index (χ4v) is 5.29. The summed E-state index contributed by atoms with van der Waals surface area (Å²) in [5.41, 5.74) is 6.87. The molecule has 0 N–H and O–H groups in total. The predicted octanol–water partition coefficient (Wildman–Crippen LogP) is 3.69. The van der Waals surface area contributed by atoms with E-state index in [2.05, 4.69) is 35.2 Å². The van der Waals surface area contributed by atoms with Gasteiger partial charge in [-0.2, -0.15) is 0 Å². The maximum Gasteiger partial charge on any atom is 0.145 e. The van der Waals surface area contributed by atoms with Gasteiger partial charge in [-0.25, -0.2) is 9.97 Å². The van der Waals surface area contributed by atoms with Gasteiger partial charge in [0.2, 0.25) is 0 Å². The number of methoxy groups -OCH3 is 1. The largest absolute Gasteiger partial charge is 0.496 e. The normalized spacial score (nSPS) is 22.3. The predicted molar refractivity (Wildman–Crippen MR) is 114 cm³/mol. The third kappa shape index (κ3) is 3.78. The zero-order valence-corrected chi connectivity index (χ0v) is 17.8. The Morgan fingerprint density at radius 2 is 1.90 bits per heavy atom. The molecule has 1 fully saturated rings. The van der Waals surface area contributed by atoms with E-state index in [0.717, 1.165) is 50.6 Å². The highest BCUT2D eigenvalue weighted by Crippen LogP contribution is 2.35. The van der Waals surface area contributed by atoms with E-state index in [1.165, 1.54) is 60.1 Å². The molecule has 0 spiro atoms. The van der Waals surface area contributed by atoms with Crippen LogP contribution in [0, 0.1) is 0 Å². The smallest absolute Gasteiger partial charge is 0.145 e. The molecule has 1 aromatic carbocycles. The molecule has 29 heavy (non-hydrogen) atoms. The van der Waals surface area contributed by atoms with E-state index in [9.17, 15) is 0 Å². The Morgan fingerprint density at radius 3 is 2.76 bits per heavy atom. The summed E-state index contributed by atoms with van der Waals surface area (Å²) in [5.74, 6) is 2.07. The van der Waals surface area contributed by atoms with E-state index >= 15 is 0 Å². The molecule has 154 valence electrons. The van der Waals surface area contributed by atoms with Gasteiger partial charge in [-0.15, -0.1) is 0 Å². The summed E-state index contributed by atoms with van der Waals surface area (Å²) in [6.45, 7) is 4.08. The molecule has 0 saturated carbocycles. The number of aryl methyl sites for hydroxylation is 2. The van der Waals surface area contributed by atoms with Crippen LogP contribution in [-0.4, -0.2) is 47.0 Å². The summed E-state index contributed by atoms with van der Waals surface area (Å²) >= 11 is 0. The molecular formula is C24H32N4O. The fourth-order valence-electron chi connectivity index (χ4n) is 5.29. The molecule has 5 nitrogen and oxygen atoms in total. The average Bonchev–Trinajstić information content (AvgIpc) is 3.20. The number of piperidine rings is 1. The number of rotatable bonds is 4. The van der Waals surface area contributed by atoms with Crippen molar-refractivity contribution < 1.29 is 4.74 Å². The molecule has 5 heteroatoms. The summed E-state index contributed by atoms with van der Waals surface area (Å²) in [5, 5.41) is 0. The van der Waals surface area contributed by atoms with Gasteiger partial charge in [-0.1, -0.05) is 12.5 Å². The second kappa shape index (κ2) is 8.04. The van der Waals surface area contributed by atoms with Crippen LogP contribution < -0.4 is 4.74 Å². The van der Waals surface area contributed by atoms with Gasteiger partial charge in [0.15, 0.2) is 0 Å². The molecular weight excluding hydrogens is 360 g/mol. The Labute approximate surface area is 174 Å². The van der Waals surface area contributed by atoms with Gasteiger partial charge in [0.25, 0.3) is 0 Å². The topological polar surface area (TPSA) is 41.5 Å². The van der Waals surface area contributed by atoms with Crippen LogP contribution in [0.25, 0.3) is 0 Å². The Hall–Kier alpha value is -1.98. The molecule has 3 aliphatic rings. The van der Waals surface area contributed by atoms with Crippen LogP contribution in [0.3, 0.4) is 0 Å². The summed E-state index contributed by atoms with van der Waals surface area (Å²) in [7, 11) is 3.97. The van der Waals surface area contributed by atoms with Crippen molar-refractivity contribution in [2.45, 2.75) is 64.1 Å². The Balaban J connectivity index is 1.41. The fraction of sp³-hybridized carbons (Fsp3) is 0.583. The Kier molecular flexibility index (Phi) is 5.27. The van der Waals surface area contributed by atoms with Crippen molar-refractivity contribution >= 4 is 0 Å². The first kappa shape index (κ1) is 19.0. The van der Waals surface area contributed by atoms with E-state index in [4.69, 9.17) is 14.7 Å². The lowest BCUT2D eigenvalue weighted by Gasteiger charge is -2.35. The van der Waals surface area contributed by atoms with Crippen molar-refractivity contribution in [2.75, 3.05) is 27.2 Å². The van der Waals surface area contributed by atoms with E-state index in [0.29, 0.717) is 6.04 Å². The first-order chi connectivity index (χ1) is 14.2. The number of benzene rings is 1. The van der Waals surface area contributed by atoms with Crippen molar-refractivity contribution in [3.63, 3.8) is 0 Å². The molecule has 0 amide bonds. The first-order valence-electron chi connectivity index (χ1n) is 11.2. The van der Waals surface area contributed by atoms with Crippen LogP contribution in [0.1, 0.15) is 65.5 Å². The van der Waals surface area contributed by atoms with Crippen molar-refractivity contribution in [1.29, 1.82) is 0 Å². The lowest BCUT2D eigenvalue weighted by Crippen LogP contribution is -2.35. The van der Waals surface area contributed by atoms with Gasteiger partial charge in [-0.05, 0) is 62.9 Å². The second-order valence-electron chi connectivity index (χ2n) is 8.96. The number of hydrogen-bond donors (Lipinski definition) is 0. The molecule has 1 aromatic heterocycles. The summed E-state index contributed by atoms with van der Waals surface area (Å²) in [6.07, 6.45) is 10.4. The molecule has 1 aliphatic carbocycles. The standard InChI is InChI=1S/C24H32N4O/c1-27-11-9-21-20(15-27)14-25-24(26-21)22-8-3-4-10-28(22)16-19-12-17-6-5-7-18(17)13-23(19)29-2/h12-14,22H,3-11,15-16H2,1-2H3. The van der Waals surface area contributed by atoms with E-state index in [1.54, 1.807) is 7.11 Å². The van der Waals surface area contributed by atoms with Crippen molar-refractivity contribution in [3.05, 3.63) is 52.1 Å². The third-order valence-corrected chi connectivity index (χ3v) is 6.92. The molecule has 1 unspecified atom stereocenters. The van der Waals surface area contributed by atoms with Gasteiger partial charge in [-0.3, -0.25) is 4.90 Å². The highest BCUT2D eigenvalue weighted by atomic mass is 16.5. The summed E-state index contributed by atoms with van der Waals surface area (Å²) in [4.78, 5) is 14.8. The number of hydrogen-bond acceptors (Lipinski definition) is 5. The van der Waals surface area contributed by atoms with Crippen molar-refractivity contribution in [1.82, 2.24) is 19.8 Å². The molecule has 3 heterocycles. The number of fused-ring (bicyclic) bond motifs is 2. The monoisotopic (exact) mass is 392 g/mol. The summed E-state index contributed by atoms with van der Waals surface area (Å²) in [6, 6.07) is 4.99. The molecule has 5 rings (SSSR count). The number of likely N-dealkylation sites (N-methyl/N-ethyl adjacent to an activating group) is 1. The van der Waals surface area contributed by atoms with Gasteiger partial charge < -0.3 is 9.64 Å². The van der Waals surface area contributed by atoms with Gasteiger partial charge in [0.1, 0.15) is 11.6 Å². The SMILES string of the molecule is COc1cc2c(cc1CN1CCCCC1c1ncc3c(n1)CCN(C)C3)CCC2. The molecule has 1 atom stereocenters. The maximum absolute atomic E-state index is 5.77. The van der Waals surface area contributed by atoms with Crippen LogP contribution in [-0.2, 0) is 32.4 Å². The third-order valence-electron chi connectivity index (χ3n) is 6.92. The first-order valence-corrected chi connectivity index (χ1v) is 11.2. The van der Waals surface area contributed by atoms with Gasteiger partial charge in [0, 0.05) is 49.1 Å². The van der Waals surface area contributed by atoms with Crippen LogP contribution >= 0.6 is 0 Å². The number of aromatic nitrogens is 2. The molecule has 0 bridgehead atoms. The average molecular weight is 393 g/mol. The van der Waals surface area contributed by atoms with Crippen molar-refractivity contribution in [3.8, 4) is 5.75 Å². The Bertz CT molecular complexity index is 897. The highest BCUT2D eigenvalue weighted by molar-refractivity contribution is 5.45. The quantitative estimate of drug-likeness (QED) is 0.794. The van der Waals surface area contributed by atoms with Crippen LogP contribution in [0.2, 0.25) is 0 Å². The zero-order chi connectivity index (χ0) is 19.8. The molecule has 2 aromatic rings. The lowest BCUT2D eigenvalue weighted by atomic mass is 9.98. The highest BCUT2D eigenvalue weighted by Gasteiger charge is 2.29. The maximum atomic E-state index is 5.77. The van der Waals surface area contributed by atoms with Crippen LogP contribution in [0.5, 0.6) is 5.75 Å². The van der Waals surface area contributed by atoms with Gasteiger partial charge >= 0.3 is 0 Å². The van der Waals surface area contributed by atoms with E-state index in [-0.39, 0.29) is 0 Å². The number of ether oxygens (including phenoxy) is 1. The molecule has 0 radical (unpaired) electrons. The minimum absolute atomic E-state index is 0.312. The molecule has 1 saturated heterocycles. The molecule has 2 aliphatic heterocycles. The second-order valence-corrected chi connectivity index (χ2v) is 8.96. The Morgan fingerprint density at radius 1 is 1.03 bits per heavy atom. The van der Waals surface area contributed by atoms with Gasteiger partial charge in [0.05, 0.1) is 13.2 Å². The summed E-state index contributed by atoms with van der Waals surface area (Å²) < 4.78 is 5.77. The number of likely N-dealkylation sites (tertiary alicyclic amines) is 1. The minimum Gasteiger partial charge on any atom is -0.496 e. The van der Waals surface area contributed by atoms with E-state index < -0.39 is 0 Å².